The number of aryl methyl sites for hydroxylation is 1. The number of ether oxygens (including phenoxy) is 3. The monoisotopic (exact) mass is 336 g/mol. The zero-order valence-corrected chi connectivity index (χ0v) is 14.7. The maximum atomic E-state index is 5.36. The van der Waals surface area contributed by atoms with Gasteiger partial charge >= 0.3 is 0 Å². The van der Waals surface area contributed by atoms with Crippen molar-refractivity contribution in [2.24, 2.45) is 0 Å². The van der Waals surface area contributed by atoms with Gasteiger partial charge in [-0.1, -0.05) is 29.8 Å². The van der Waals surface area contributed by atoms with Crippen LogP contribution in [0.2, 0.25) is 0 Å². The highest BCUT2D eigenvalue weighted by molar-refractivity contribution is 5.53. The molecular weight excluding hydrogens is 314 g/mol. The summed E-state index contributed by atoms with van der Waals surface area (Å²) in [6.07, 6.45) is 0. The van der Waals surface area contributed by atoms with Crippen molar-refractivity contribution >= 4 is 0 Å². The normalized spacial score (nSPS) is 9.91. The van der Waals surface area contributed by atoms with Crippen LogP contribution in [-0.4, -0.2) is 21.3 Å². The fraction of sp³-hybridized carbons (Fsp3) is 0.333. The van der Waals surface area contributed by atoms with Gasteiger partial charge in [0.1, 0.15) is 0 Å². The molecule has 0 bridgehead atoms. The van der Waals surface area contributed by atoms with Crippen LogP contribution in [0.5, 0.6) is 17.2 Å². The predicted octanol–water partition coefficient (Wildman–Crippen LogP) is 0.315. The van der Waals surface area contributed by atoms with Gasteiger partial charge in [-0.2, -0.15) is 0 Å². The summed E-state index contributed by atoms with van der Waals surface area (Å²) in [4.78, 5) is 0. The van der Waals surface area contributed by atoms with Gasteiger partial charge in [-0.05, 0) is 30.2 Å². The number of hydrogen-bond acceptors (Lipinski definition) is 4. The molecule has 0 aliphatic rings. The maximum Gasteiger partial charge on any atom is 0.203 e. The lowest BCUT2D eigenvalue weighted by Gasteiger charge is -2.14. The van der Waals surface area contributed by atoms with Gasteiger partial charge in [-0.3, -0.25) is 0 Å². The first-order valence-corrected chi connectivity index (χ1v) is 7.23. The largest absolute Gasteiger partial charge is 1.00 e. The van der Waals surface area contributed by atoms with Crippen LogP contribution in [0.15, 0.2) is 36.4 Å². The van der Waals surface area contributed by atoms with Crippen LogP contribution in [0, 0.1) is 6.92 Å². The van der Waals surface area contributed by atoms with Crippen molar-refractivity contribution in [2.45, 2.75) is 20.0 Å². The van der Waals surface area contributed by atoms with E-state index >= 15 is 0 Å². The van der Waals surface area contributed by atoms with Gasteiger partial charge in [-0.25, -0.2) is 0 Å². The van der Waals surface area contributed by atoms with Gasteiger partial charge in [0.15, 0.2) is 11.5 Å². The molecule has 0 heterocycles. The Kier molecular flexibility index (Phi) is 7.72. The molecule has 2 aromatic carbocycles. The molecule has 4 nitrogen and oxygen atoms in total. The molecule has 0 aliphatic heterocycles. The molecule has 0 fully saturated rings. The molecule has 0 aromatic heterocycles. The third-order valence-corrected chi connectivity index (χ3v) is 3.50. The van der Waals surface area contributed by atoms with Gasteiger partial charge in [0, 0.05) is 13.1 Å². The molecule has 0 atom stereocenters. The molecule has 0 saturated carbocycles. The van der Waals surface area contributed by atoms with E-state index in [2.05, 4.69) is 36.5 Å². The molecular formula is C18H23ClNO3-. The Bertz CT molecular complexity index is 589. The molecule has 0 saturated heterocycles. The third kappa shape index (κ3) is 5.05. The number of hydrogen-bond donors (Lipinski definition) is 1. The van der Waals surface area contributed by atoms with E-state index in [9.17, 15) is 0 Å². The highest BCUT2D eigenvalue weighted by Gasteiger charge is 2.12. The Morgan fingerprint density at radius 3 is 1.78 bits per heavy atom. The summed E-state index contributed by atoms with van der Waals surface area (Å²) >= 11 is 0. The van der Waals surface area contributed by atoms with E-state index in [0.717, 1.165) is 18.7 Å². The third-order valence-electron chi connectivity index (χ3n) is 3.50. The Morgan fingerprint density at radius 1 is 0.783 bits per heavy atom. The topological polar surface area (TPSA) is 39.7 Å². The Labute approximate surface area is 144 Å². The van der Waals surface area contributed by atoms with Crippen LogP contribution in [0.1, 0.15) is 16.7 Å². The smallest absolute Gasteiger partial charge is 0.203 e. The Hall–Kier alpha value is -1.91. The van der Waals surface area contributed by atoms with E-state index in [1.54, 1.807) is 21.3 Å². The SMILES string of the molecule is COc1cc(CNCc2ccc(C)cc2)cc(OC)c1OC.[Cl-]. The molecule has 2 rings (SSSR count). The quantitative estimate of drug-likeness (QED) is 0.790. The number of methoxy groups -OCH3 is 3. The van der Waals surface area contributed by atoms with Crippen molar-refractivity contribution in [2.75, 3.05) is 21.3 Å². The lowest BCUT2D eigenvalue weighted by molar-refractivity contribution is -0.00000542. The zero-order chi connectivity index (χ0) is 15.9. The van der Waals surface area contributed by atoms with E-state index in [1.165, 1.54) is 11.1 Å². The van der Waals surface area contributed by atoms with Crippen LogP contribution in [-0.2, 0) is 13.1 Å². The summed E-state index contributed by atoms with van der Waals surface area (Å²) < 4.78 is 16.1. The summed E-state index contributed by atoms with van der Waals surface area (Å²) in [5.41, 5.74) is 3.62. The van der Waals surface area contributed by atoms with Gasteiger partial charge in [0.2, 0.25) is 5.75 Å². The fourth-order valence-electron chi connectivity index (χ4n) is 2.29. The van der Waals surface area contributed by atoms with Crippen molar-refractivity contribution in [3.63, 3.8) is 0 Å². The highest BCUT2D eigenvalue weighted by atomic mass is 35.5. The van der Waals surface area contributed by atoms with Crippen LogP contribution < -0.4 is 31.9 Å². The highest BCUT2D eigenvalue weighted by Crippen LogP contribution is 2.38. The van der Waals surface area contributed by atoms with Crippen LogP contribution in [0.3, 0.4) is 0 Å². The molecule has 126 valence electrons. The summed E-state index contributed by atoms with van der Waals surface area (Å²) in [6, 6.07) is 12.4. The fourth-order valence-corrected chi connectivity index (χ4v) is 2.29. The second-order valence-corrected chi connectivity index (χ2v) is 5.12. The van der Waals surface area contributed by atoms with Gasteiger partial charge < -0.3 is 31.9 Å². The lowest BCUT2D eigenvalue weighted by atomic mass is 10.1. The first-order valence-electron chi connectivity index (χ1n) is 7.23. The molecule has 0 spiro atoms. The van der Waals surface area contributed by atoms with Gasteiger partial charge in [-0.15, -0.1) is 0 Å². The Balaban J connectivity index is 0.00000264. The molecule has 1 N–H and O–H groups in total. The van der Waals surface area contributed by atoms with Crippen molar-refractivity contribution in [3.05, 3.63) is 53.1 Å². The maximum absolute atomic E-state index is 5.36. The minimum absolute atomic E-state index is 0. The molecule has 0 amide bonds. The number of nitrogens with one attached hydrogen (secondary N) is 1. The van der Waals surface area contributed by atoms with Crippen LogP contribution >= 0.6 is 0 Å². The number of halogens is 1. The minimum Gasteiger partial charge on any atom is -1.00 e. The predicted molar refractivity (Wildman–Crippen MR) is 87.8 cm³/mol. The Morgan fingerprint density at radius 2 is 1.30 bits per heavy atom. The van der Waals surface area contributed by atoms with E-state index in [1.807, 2.05) is 12.1 Å². The molecule has 0 unspecified atom stereocenters. The van der Waals surface area contributed by atoms with Crippen LogP contribution in [0.4, 0.5) is 0 Å². The molecule has 23 heavy (non-hydrogen) atoms. The molecule has 5 heteroatoms. The first-order chi connectivity index (χ1) is 10.7. The van der Waals surface area contributed by atoms with E-state index in [4.69, 9.17) is 14.2 Å². The second-order valence-electron chi connectivity index (χ2n) is 5.12. The average molecular weight is 337 g/mol. The zero-order valence-electron chi connectivity index (χ0n) is 14.0. The van der Waals surface area contributed by atoms with Crippen LogP contribution in [0.25, 0.3) is 0 Å². The minimum atomic E-state index is 0. The first kappa shape index (κ1) is 19.1. The van der Waals surface area contributed by atoms with Crippen molar-refractivity contribution in [3.8, 4) is 17.2 Å². The standard InChI is InChI=1S/C18H23NO3.ClH/c1-13-5-7-14(8-6-13)11-19-12-15-9-16(20-2)18(22-4)17(10-15)21-3;/h5-10,19H,11-12H2,1-4H3;1H/p-1. The molecule has 0 aliphatic carbocycles. The van der Waals surface area contributed by atoms with E-state index < -0.39 is 0 Å². The van der Waals surface area contributed by atoms with Crippen molar-refractivity contribution in [1.29, 1.82) is 0 Å². The lowest BCUT2D eigenvalue weighted by Crippen LogP contribution is -3.00. The van der Waals surface area contributed by atoms with Crippen molar-refractivity contribution in [1.82, 2.24) is 5.32 Å². The number of benzene rings is 2. The summed E-state index contributed by atoms with van der Waals surface area (Å²) in [7, 11) is 4.86. The van der Waals surface area contributed by atoms with Gasteiger partial charge in [0.25, 0.3) is 0 Å². The van der Waals surface area contributed by atoms with E-state index in [-0.39, 0.29) is 12.4 Å². The second kappa shape index (κ2) is 9.28. The average Bonchev–Trinajstić information content (AvgIpc) is 2.55. The summed E-state index contributed by atoms with van der Waals surface area (Å²) in [5.74, 6) is 1.97. The number of rotatable bonds is 7. The van der Waals surface area contributed by atoms with Gasteiger partial charge in [0.05, 0.1) is 21.3 Å². The molecule has 2 aromatic rings. The van der Waals surface area contributed by atoms with E-state index in [0.29, 0.717) is 17.2 Å². The van der Waals surface area contributed by atoms with Crippen molar-refractivity contribution < 1.29 is 26.6 Å². The molecule has 0 radical (unpaired) electrons. The summed E-state index contributed by atoms with van der Waals surface area (Å²) in [6.45, 7) is 3.63. The summed E-state index contributed by atoms with van der Waals surface area (Å²) in [5, 5.41) is 3.43.